The number of anilines is 5. The van der Waals surface area contributed by atoms with Gasteiger partial charge >= 0.3 is 0 Å². The van der Waals surface area contributed by atoms with E-state index in [4.69, 9.17) is 0 Å². The van der Waals surface area contributed by atoms with Gasteiger partial charge in [-0.2, -0.15) is 9.97 Å². The summed E-state index contributed by atoms with van der Waals surface area (Å²) in [6, 6.07) is 16.5. The van der Waals surface area contributed by atoms with E-state index in [0.29, 0.717) is 17.6 Å². The van der Waals surface area contributed by atoms with Crippen molar-refractivity contribution in [3.63, 3.8) is 0 Å². The SMILES string of the molecule is CNc1ccc(N(C)c2ccc(Nc3nc(C)nc(C)n3)cc2)cc1. The molecule has 2 N–H and O–H groups in total. The zero-order valence-electron chi connectivity index (χ0n) is 14.9. The Labute approximate surface area is 148 Å². The summed E-state index contributed by atoms with van der Waals surface area (Å²) in [5.74, 6) is 1.97. The van der Waals surface area contributed by atoms with E-state index in [1.165, 1.54) is 0 Å². The Morgan fingerprint density at radius 1 is 0.720 bits per heavy atom. The van der Waals surface area contributed by atoms with E-state index >= 15 is 0 Å². The molecule has 0 aliphatic carbocycles. The molecule has 0 fully saturated rings. The standard InChI is InChI=1S/C19H22N6/c1-13-21-14(2)23-19(22-13)24-16-7-11-18(12-8-16)25(4)17-9-5-15(20-3)6-10-17/h5-12,20H,1-4H3,(H,21,22,23,24). The molecule has 0 unspecified atom stereocenters. The minimum atomic E-state index is 0.564. The summed E-state index contributed by atoms with van der Waals surface area (Å²) in [7, 11) is 3.97. The van der Waals surface area contributed by atoms with Crippen molar-refractivity contribution < 1.29 is 0 Å². The molecule has 0 aliphatic heterocycles. The van der Waals surface area contributed by atoms with Crippen LogP contribution in [0.3, 0.4) is 0 Å². The highest BCUT2D eigenvalue weighted by Gasteiger charge is 2.05. The van der Waals surface area contributed by atoms with Crippen LogP contribution in [0.5, 0.6) is 0 Å². The van der Waals surface area contributed by atoms with Crippen molar-refractivity contribution in [2.24, 2.45) is 0 Å². The molecule has 0 radical (unpaired) electrons. The Morgan fingerprint density at radius 2 is 1.20 bits per heavy atom. The van der Waals surface area contributed by atoms with Crippen LogP contribution in [-0.2, 0) is 0 Å². The second kappa shape index (κ2) is 7.17. The van der Waals surface area contributed by atoms with Gasteiger partial charge in [-0.1, -0.05) is 0 Å². The van der Waals surface area contributed by atoms with Gasteiger partial charge in [-0.05, 0) is 62.4 Å². The first-order valence-electron chi connectivity index (χ1n) is 8.13. The smallest absolute Gasteiger partial charge is 0.230 e. The number of aromatic nitrogens is 3. The van der Waals surface area contributed by atoms with Crippen LogP contribution in [0.15, 0.2) is 48.5 Å². The Hall–Kier alpha value is -3.15. The Bertz CT molecular complexity index is 823. The van der Waals surface area contributed by atoms with Crippen LogP contribution in [0, 0.1) is 13.8 Å². The average molecular weight is 334 g/mol. The first kappa shape index (κ1) is 16.7. The molecule has 3 rings (SSSR count). The minimum absolute atomic E-state index is 0.564. The third-order valence-electron chi connectivity index (χ3n) is 3.91. The summed E-state index contributed by atoms with van der Waals surface area (Å²) >= 11 is 0. The number of benzene rings is 2. The first-order chi connectivity index (χ1) is 12.0. The van der Waals surface area contributed by atoms with Gasteiger partial charge in [0.15, 0.2) is 0 Å². The topological polar surface area (TPSA) is 66.0 Å². The number of nitrogens with one attached hydrogen (secondary N) is 2. The molecule has 0 spiro atoms. The lowest BCUT2D eigenvalue weighted by atomic mass is 10.2. The zero-order valence-corrected chi connectivity index (χ0v) is 14.9. The van der Waals surface area contributed by atoms with Gasteiger partial charge in [0, 0.05) is 36.8 Å². The third-order valence-corrected chi connectivity index (χ3v) is 3.91. The van der Waals surface area contributed by atoms with Crippen molar-refractivity contribution in [2.75, 3.05) is 29.6 Å². The second-order valence-electron chi connectivity index (χ2n) is 5.78. The van der Waals surface area contributed by atoms with Gasteiger partial charge in [-0.15, -0.1) is 0 Å². The highest BCUT2D eigenvalue weighted by Crippen LogP contribution is 2.26. The van der Waals surface area contributed by atoms with E-state index in [-0.39, 0.29) is 0 Å². The molecule has 0 saturated heterocycles. The van der Waals surface area contributed by atoms with E-state index in [0.717, 1.165) is 22.7 Å². The number of rotatable bonds is 5. The van der Waals surface area contributed by atoms with Crippen LogP contribution in [0.25, 0.3) is 0 Å². The molecule has 0 bridgehead atoms. The molecule has 1 aromatic heterocycles. The van der Waals surface area contributed by atoms with Crippen molar-refractivity contribution >= 4 is 28.7 Å². The summed E-state index contributed by atoms with van der Waals surface area (Å²) in [5, 5.41) is 6.35. The lowest BCUT2D eigenvalue weighted by molar-refractivity contribution is 0.928. The van der Waals surface area contributed by atoms with E-state index in [1.807, 2.05) is 33.0 Å². The highest BCUT2D eigenvalue weighted by molar-refractivity contribution is 5.67. The first-order valence-corrected chi connectivity index (χ1v) is 8.13. The lowest BCUT2D eigenvalue weighted by Gasteiger charge is -2.20. The lowest BCUT2D eigenvalue weighted by Crippen LogP contribution is -2.09. The largest absolute Gasteiger partial charge is 0.388 e. The van der Waals surface area contributed by atoms with Crippen molar-refractivity contribution in [2.45, 2.75) is 13.8 Å². The number of hydrogen-bond acceptors (Lipinski definition) is 6. The molecular weight excluding hydrogens is 312 g/mol. The molecule has 6 heteroatoms. The molecule has 2 aromatic carbocycles. The Morgan fingerprint density at radius 3 is 1.68 bits per heavy atom. The normalized spacial score (nSPS) is 10.4. The maximum atomic E-state index is 4.30. The van der Waals surface area contributed by atoms with Gasteiger partial charge in [-0.3, -0.25) is 0 Å². The predicted octanol–water partition coefficient (Wildman–Crippen LogP) is 4.04. The molecule has 0 amide bonds. The van der Waals surface area contributed by atoms with Gasteiger partial charge in [-0.25, -0.2) is 4.98 Å². The summed E-state index contributed by atoms with van der Waals surface area (Å²) in [5.41, 5.74) is 4.27. The summed E-state index contributed by atoms with van der Waals surface area (Å²) in [6.45, 7) is 3.72. The molecular formula is C19H22N6. The molecule has 0 saturated carbocycles. The van der Waals surface area contributed by atoms with Crippen LogP contribution < -0.4 is 15.5 Å². The van der Waals surface area contributed by atoms with Crippen molar-refractivity contribution in [3.05, 3.63) is 60.2 Å². The molecule has 0 atom stereocenters. The predicted molar refractivity (Wildman–Crippen MR) is 103 cm³/mol. The fourth-order valence-corrected chi connectivity index (χ4v) is 2.57. The molecule has 0 aliphatic rings. The molecule has 3 aromatic rings. The zero-order chi connectivity index (χ0) is 17.8. The van der Waals surface area contributed by atoms with Crippen LogP contribution in [0.4, 0.5) is 28.7 Å². The monoisotopic (exact) mass is 334 g/mol. The fourth-order valence-electron chi connectivity index (χ4n) is 2.57. The Balaban J connectivity index is 1.74. The van der Waals surface area contributed by atoms with Gasteiger partial charge in [0.1, 0.15) is 11.6 Å². The van der Waals surface area contributed by atoms with Crippen LogP contribution in [0.1, 0.15) is 11.6 Å². The summed E-state index contributed by atoms with van der Waals surface area (Å²) < 4.78 is 0. The van der Waals surface area contributed by atoms with E-state index in [2.05, 4.69) is 73.9 Å². The molecule has 6 nitrogen and oxygen atoms in total. The average Bonchev–Trinajstić information content (AvgIpc) is 2.61. The van der Waals surface area contributed by atoms with Gasteiger partial charge in [0.2, 0.25) is 5.95 Å². The number of nitrogens with zero attached hydrogens (tertiary/aromatic N) is 4. The van der Waals surface area contributed by atoms with Gasteiger partial charge < -0.3 is 15.5 Å². The molecule has 25 heavy (non-hydrogen) atoms. The summed E-state index contributed by atoms with van der Waals surface area (Å²) in [6.07, 6.45) is 0. The van der Waals surface area contributed by atoms with E-state index < -0.39 is 0 Å². The second-order valence-corrected chi connectivity index (χ2v) is 5.78. The third kappa shape index (κ3) is 4.03. The number of hydrogen-bond donors (Lipinski definition) is 2. The van der Waals surface area contributed by atoms with E-state index in [1.54, 1.807) is 0 Å². The fraction of sp³-hybridized carbons (Fsp3) is 0.211. The van der Waals surface area contributed by atoms with Gasteiger partial charge in [0.05, 0.1) is 0 Å². The summed E-state index contributed by atoms with van der Waals surface area (Å²) in [4.78, 5) is 14.9. The van der Waals surface area contributed by atoms with Crippen LogP contribution in [0.2, 0.25) is 0 Å². The minimum Gasteiger partial charge on any atom is -0.388 e. The molecule has 128 valence electrons. The maximum absolute atomic E-state index is 4.30. The number of aryl methyl sites for hydroxylation is 2. The maximum Gasteiger partial charge on any atom is 0.230 e. The van der Waals surface area contributed by atoms with Gasteiger partial charge in [0.25, 0.3) is 0 Å². The Kier molecular flexibility index (Phi) is 4.79. The van der Waals surface area contributed by atoms with Crippen molar-refractivity contribution in [1.82, 2.24) is 15.0 Å². The molecule has 1 heterocycles. The van der Waals surface area contributed by atoms with Crippen LogP contribution in [-0.4, -0.2) is 29.0 Å². The van der Waals surface area contributed by atoms with Crippen LogP contribution >= 0.6 is 0 Å². The van der Waals surface area contributed by atoms with E-state index in [9.17, 15) is 0 Å². The quantitative estimate of drug-likeness (QED) is 0.734. The van der Waals surface area contributed by atoms with Crippen molar-refractivity contribution in [1.29, 1.82) is 0 Å². The van der Waals surface area contributed by atoms with Crippen molar-refractivity contribution in [3.8, 4) is 0 Å². The highest BCUT2D eigenvalue weighted by atomic mass is 15.2.